The molecule has 9 nitrogen and oxygen atoms in total. The van der Waals surface area contributed by atoms with E-state index in [1.807, 2.05) is 6.92 Å². The number of hydrogen-bond donors (Lipinski definition) is 0. The van der Waals surface area contributed by atoms with Gasteiger partial charge in [0, 0.05) is 24.9 Å². The van der Waals surface area contributed by atoms with Gasteiger partial charge in [-0.25, -0.2) is 9.18 Å². The van der Waals surface area contributed by atoms with Crippen molar-refractivity contribution in [3.63, 3.8) is 0 Å². The molecule has 1 aromatic carbocycles. The number of methoxy groups -OCH3 is 1. The van der Waals surface area contributed by atoms with Crippen LogP contribution in [0.1, 0.15) is 19.8 Å². The molecule has 12 heteroatoms. The lowest BCUT2D eigenvalue weighted by atomic mass is 9.84. The maximum absolute atomic E-state index is 15.2. The van der Waals surface area contributed by atoms with Crippen LogP contribution in [0.3, 0.4) is 0 Å². The van der Waals surface area contributed by atoms with Crippen molar-refractivity contribution in [2.45, 2.75) is 31.5 Å². The summed E-state index contributed by atoms with van der Waals surface area (Å²) >= 11 is 0. The second kappa shape index (κ2) is 9.06. The van der Waals surface area contributed by atoms with E-state index in [2.05, 4.69) is 9.97 Å². The molecule has 2 atom stereocenters. The zero-order valence-electron chi connectivity index (χ0n) is 19.1. The van der Waals surface area contributed by atoms with Crippen LogP contribution in [0.2, 0.25) is 0 Å². The summed E-state index contributed by atoms with van der Waals surface area (Å²) < 4.78 is 70.5. The number of ether oxygens (including phenoxy) is 5. The van der Waals surface area contributed by atoms with Crippen LogP contribution in [-0.2, 0) is 9.47 Å². The summed E-state index contributed by atoms with van der Waals surface area (Å²) in [5.74, 6) is -5.99. The van der Waals surface area contributed by atoms with E-state index in [0.29, 0.717) is 26.3 Å². The van der Waals surface area contributed by atoms with Gasteiger partial charge in [0.1, 0.15) is 18.0 Å². The Morgan fingerprint density at radius 1 is 1.09 bits per heavy atom. The number of amides is 1. The molecule has 2 bridgehead atoms. The van der Waals surface area contributed by atoms with Crippen molar-refractivity contribution in [1.29, 1.82) is 0 Å². The average Bonchev–Trinajstić information content (AvgIpc) is 3.55. The van der Waals surface area contributed by atoms with Crippen LogP contribution in [0, 0.1) is 29.3 Å². The predicted octanol–water partition coefficient (Wildman–Crippen LogP) is 3.71. The molecule has 1 aliphatic carbocycles. The van der Waals surface area contributed by atoms with Gasteiger partial charge in [0.15, 0.2) is 11.6 Å². The highest BCUT2D eigenvalue weighted by Crippen LogP contribution is 2.41. The zero-order chi connectivity index (χ0) is 24.7. The summed E-state index contributed by atoms with van der Waals surface area (Å²) in [7, 11) is 1.23. The molecule has 2 aromatic rings. The first-order valence-corrected chi connectivity index (χ1v) is 11.2. The third kappa shape index (κ3) is 4.66. The molecule has 3 heterocycles. The van der Waals surface area contributed by atoms with Crippen molar-refractivity contribution in [3.05, 3.63) is 35.9 Å². The van der Waals surface area contributed by atoms with Crippen LogP contribution in [0.5, 0.6) is 23.3 Å². The first-order valence-electron chi connectivity index (χ1n) is 11.2. The average molecular weight is 495 g/mol. The van der Waals surface area contributed by atoms with Crippen molar-refractivity contribution in [2.75, 3.05) is 33.4 Å². The molecule has 2 aliphatic heterocycles. The van der Waals surface area contributed by atoms with E-state index in [4.69, 9.17) is 23.7 Å². The number of likely N-dealkylation sites (tertiary alicyclic amines) is 1. The van der Waals surface area contributed by atoms with Gasteiger partial charge < -0.3 is 28.6 Å². The lowest BCUT2D eigenvalue weighted by Gasteiger charge is -2.45. The van der Waals surface area contributed by atoms with Gasteiger partial charge in [-0.3, -0.25) is 0 Å². The predicted molar refractivity (Wildman–Crippen MR) is 113 cm³/mol. The van der Waals surface area contributed by atoms with Crippen molar-refractivity contribution in [1.82, 2.24) is 14.9 Å². The number of aromatic nitrogens is 2. The standard InChI is InChI=1S/C23H24F3N3O6/c1-23(5-6-23)35-22(30)29-7-12-9-32-10-13(8-29)18(12)33-20-17(26)21(28-11-27-20)34-19-15(31-2)4-3-14(24)16(19)25/h3-4,11-13,18H,5-10H2,1-2H3. The molecule has 1 aromatic heterocycles. The Bertz CT molecular complexity index is 1120. The third-order valence-corrected chi connectivity index (χ3v) is 6.45. The van der Waals surface area contributed by atoms with Crippen molar-refractivity contribution >= 4 is 6.09 Å². The summed E-state index contributed by atoms with van der Waals surface area (Å²) in [6.07, 6.45) is 1.80. The van der Waals surface area contributed by atoms with Gasteiger partial charge in [0.2, 0.25) is 17.4 Å². The topological polar surface area (TPSA) is 92.2 Å². The van der Waals surface area contributed by atoms with Gasteiger partial charge in [0.25, 0.3) is 11.8 Å². The molecule has 5 rings (SSSR count). The van der Waals surface area contributed by atoms with Crippen LogP contribution in [0.4, 0.5) is 18.0 Å². The highest BCUT2D eigenvalue weighted by Gasteiger charge is 2.47. The van der Waals surface area contributed by atoms with Crippen molar-refractivity contribution in [2.24, 2.45) is 11.8 Å². The van der Waals surface area contributed by atoms with E-state index in [1.54, 1.807) is 4.90 Å². The van der Waals surface area contributed by atoms with Crippen LogP contribution >= 0.6 is 0 Å². The van der Waals surface area contributed by atoms with Gasteiger partial charge in [-0.2, -0.15) is 18.7 Å². The quantitative estimate of drug-likeness (QED) is 0.599. The fourth-order valence-corrected chi connectivity index (χ4v) is 4.28. The van der Waals surface area contributed by atoms with Crippen LogP contribution < -0.4 is 14.2 Å². The smallest absolute Gasteiger partial charge is 0.410 e. The Hall–Kier alpha value is -3.28. The minimum absolute atomic E-state index is 0.143. The molecule has 2 saturated heterocycles. The van der Waals surface area contributed by atoms with Crippen molar-refractivity contribution in [3.8, 4) is 23.3 Å². The highest BCUT2D eigenvalue weighted by atomic mass is 19.2. The number of carbonyl (C=O) groups is 1. The number of rotatable bonds is 6. The van der Waals surface area contributed by atoms with Gasteiger partial charge in [0.05, 0.1) is 20.3 Å². The summed E-state index contributed by atoms with van der Waals surface area (Å²) in [4.78, 5) is 21.8. The molecule has 2 unspecified atom stereocenters. The summed E-state index contributed by atoms with van der Waals surface area (Å²) in [5.41, 5.74) is -0.389. The maximum Gasteiger partial charge on any atom is 0.410 e. The van der Waals surface area contributed by atoms with Gasteiger partial charge in [-0.1, -0.05) is 0 Å². The molecular weight excluding hydrogens is 471 g/mol. The summed E-state index contributed by atoms with van der Waals surface area (Å²) in [6, 6.07) is 2.01. The molecular formula is C23H24F3N3O6. The van der Waals surface area contributed by atoms with E-state index in [9.17, 15) is 13.6 Å². The van der Waals surface area contributed by atoms with Gasteiger partial charge in [-0.15, -0.1) is 0 Å². The number of hydrogen-bond acceptors (Lipinski definition) is 8. The van der Waals surface area contributed by atoms with E-state index in [1.165, 1.54) is 7.11 Å². The molecule has 3 aliphatic rings. The van der Waals surface area contributed by atoms with Crippen molar-refractivity contribution < 1.29 is 41.7 Å². The van der Waals surface area contributed by atoms with E-state index in [-0.39, 0.29) is 29.3 Å². The number of halogens is 3. The molecule has 1 saturated carbocycles. The molecule has 188 valence electrons. The summed E-state index contributed by atoms with van der Waals surface area (Å²) in [5, 5.41) is 0. The molecule has 3 fully saturated rings. The molecule has 35 heavy (non-hydrogen) atoms. The Kier molecular flexibility index (Phi) is 6.07. The zero-order valence-corrected chi connectivity index (χ0v) is 19.1. The van der Waals surface area contributed by atoms with Gasteiger partial charge in [-0.05, 0) is 31.9 Å². The largest absolute Gasteiger partial charge is 0.493 e. The van der Waals surface area contributed by atoms with Crippen LogP contribution in [0.25, 0.3) is 0 Å². The SMILES string of the molecule is COc1ccc(F)c(F)c1Oc1ncnc(OC2C3COCC2CN(C(=O)OC2(C)CC2)C3)c1F. The second-order valence-electron chi connectivity index (χ2n) is 9.16. The van der Waals surface area contributed by atoms with E-state index < -0.39 is 41.1 Å². The third-order valence-electron chi connectivity index (χ3n) is 6.45. The minimum atomic E-state index is -1.35. The highest BCUT2D eigenvalue weighted by molar-refractivity contribution is 5.68. The second-order valence-corrected chi connectivity index (χ2v) is 9.16. The first-order chi connectivity index (χ1) is 16.8. The normalized spacial score (nSPS) is 24.5. The minimum Gasteiger partial charge on any atom is -0.493 e. The lowest BCUT2D eigenvalue weighted by Crippen LogP contribution is -2.59. The van der Waals surface area contributed by atoms with Gasteiger partial charge >= 0.3 is 6.09 Å². The Morgan fingerprint density at radius 2 is 1.77 bits per heavy atom. The Balaban J connectivity index is 1.33. The number of fused-ring (bicyclic) bond motifs is 2. The molecule has 0 N–H and O–H groups in total. The Labute approximate surface area is 199 Å². The fraction of sp³-hybridized carbons (Fsp3) is 0.522. The Morgan fingerprint density at radius 3 is 2.43 bits per heavy atom. The van der Waals surface area contributed by atoms with E-state index in [0.717, 1.165) is 31.3 Å². The van der Waals surface area contributed by atoms with Crippen LogP contribution in [-0.4, -0.2) is 66.1 Å². The first kappa shape index (κ1) is 23.5. The molecule has 0 spiro atoms. The number of carbonyl (C=O) groups excluding carboxylic acids is 1. The monoisotopic (exact) mass is 495 g/mol. The molecule has 0 radical (unpaired) electrons. The lowest BCUT2D eigenvalue weighted by molar-refractivity contribution is -0.112. The van der Waals surface area contributed by atoms with E-state index >= 15 is 4.39 Å². The number of nitrogens with zero attached hydrogens (tertiary/aromatic N) is 3. The fourth-order valence-electron chi connectivity index (χ4n) is 4.28. The number of piperidine rings is 1. The number of benzene rings is 1. The summed E-state index contributed by atoms with van der Waals surface area (Å²) in [6.45, 7) is 3.15. The van der Waals surface area contributed by atoms with Crippen LogP contribution in [0.15, 0.2) is 18.5 Å². The maximum atomic E-state index is 15.2. The molecule has 1 amide bonds.